The molecule has 4 rings (SSSR count). The smallest absolute Gasteiger partial charge is 0.429 e. The van der Waals surface area contributed by atoms with E-state index in [0.717, 1.165) is 12.1 Å². The van der Waals surface area contributed by atoms with Crippen LogP contribution in [0, 0.1) is 29.1 Å². The van der Waals surface area contributed by atoms with E-state index in [4.69, 9.17) is 4.74 Å². The van der Waals surface area contributed by atoms with Crippen molar-refractivity contribution in [3.63, 3.8) is 0 Å². The molecule has 11 heteroatoms. The lowest BCUT2D eigenvalue weighted by molar-refractivity contribution is 0.151. The summed E-state index contributed by atoms with van der Waals surface area (Å²) in [5, 5.41) is 0.976. The zero-order chi connectivity index (χ0) is 25.3. The van der Waals surface area contributed by atoms with E-state index in [1.165, 1.54) is 24.3 Å². The largest absolute Gasteiger partial charge is 0.444 e. The molecule has 4 aromatic rings. The third-order valence-corrected chi connectivity index (χ3v) is 6.68. The summed E-state index contributed by atoms with van der Waals surface area (Å²) in [6, 6.07) is 17.8. The number of ether oxygens (including phenoxy) is 1. The minimum Gasteiger partial charge on any atom is -0.444 e. The van der Waals surface area contributed by atoms with Gasteiger partial charge in [-0.3, -0.25) is 0 Å². The fraction of sp³-hybridized carbons (Fsp3) is 0.0417. The molecule has 4 aromatic carbocycles. The predicted molar refractivity (Wildman–Crippen MR) is 116 cm³/mol. The fourth-order valence-electron chi connectivity index (χ4n) is 3.29. The second-order valence-electron chi connectivity index (χ2n) is 7.24. The van der Waals surface area contributed by atoms with Crippen molar-refractivity contribution in [3.8, 4) is 0 Å². The van der Waals surface area contributed by atoms with E-state index in [1.54, 1.807) is 36.4 Å². The first kappa shape index (κ1) is 24.1. The number of carbonyl (C=O) groups is 1. The third kappa shape index (κ3) is 4.42. The maximum Gasteiger partial charge on any atom is 0.429 e. The maximum absolute atomic E-state index is 14.6. The first-order chi connectivity index (χ1) is 16.6. The van der Waals surface area contributed by atoms with Crippen LogP contribution in [0.25, 0.3) is 10.8 Å². The fourth-order valence-corrected chi connectivity index (χ4v) is 4.67. The van der Waals surface area contributed by atoms with E-state index >= 15 is 0 Å². The molecule has 0 radical (unpaired) electrons. The van der Waals surface area contributed by atoms with Gasteiger partial charge in [-0.2, -0.15) is 4.31 Å². The number of halogens is 5. The van der Waals surface area contributed by atoms with E-state index < -0.39 is 66.7 Å². The van der Waals surface area contributed by atoms with Crippen LogP contribution in [0.4, 0.5) is 32.4 Å². The van der Waals surface area contributed by atoms with Gasteiger partial charge in [-0.05, 0) is 28.5 Å². The van der Waals surface area contributed by atoms with Gasteiger partial charge in [-0.15, -0.1) is 0 Å². The molecule has 0 heterocycles. The molecule has 35 heavy (non-hydrogen) atoms. The molecular weight excluding hydrogens is 493 g/mol. The van der Waals surface area contributed by atoms with Crippen molar-refractivity contribution in [2.24, 2.45) is 0 Å². The summed E-state index contributed by atoms with van der Waals surface area (Å²) < 4.78 is 102. The summed E-state index contributed by atoms with van der Waals surface area (Å²) >= 11 is 0. The summed E-state index contributed by atoms with van der Waals surface area (Å²) in [5.74, 6) is -12.4. The van der Waals surface area contributed by atoms with Crippen LogP contribution in [-0.2, 0) is 21.4 Å². The molecule has 5 nitrogen and oxygen atoms in total. The Bertz CT molecular complexity index is 1520. The predicted octanol–water partition coefficient (Wildman–Crippen LogP) is 6.07. The summed E-state index contributed by atoms with van der Waals surface area (Å²) in [6.45, 7) is -0.543. The summed E-state index contributed by atoms with van der Waals surface area (Å²) in [5.41, 5.74) is -1.60. The Morgan fingerprint density at radius 2 is 1.26 bits per heavy atom. The molecule has 0 aliphatic rings. The molecule has 180 valence electrons. The molecule has 0 atom stereocenters. The van der Waals surface area contributed by atoms with Gasteiger partial charge in [-0.25, -0.2) is 35.2 Å². The molecule has 0 saturated heterocycles. The third-order valence-electron chi connectivity index (χ3n) is 5.02. The molecule has 0 bridgehead atoms. The van der Waals surface area contributed by atoms with Crippen molar-refractivity contribution in [1.82, 2.24) is 0 Å². The average molecular weight is 507 g/mol. The number of benzene rings is 4. The molecule has 0 unspecified atom stereocenters. The van der Waals surface area contributed by atoms with E-state index in [0.29, 0.717) is 16.3 Å². The molecule has 0 aromatic heterocycles. The number of fused-ring (bicyclic) bond motifs is 1. The molecule has 0 aliphatic carbocycles. The average Bonchev–Trinajstić information content (AvgIpc) is 2.87. The van der Waals surface area contributed by atoms with Crippen LogP contribution in [-0.4, -0.2) is 14.5 Å². The number of hydrogen-bond donors (Lipinski definition) is 0. The van der Waals surface area contributed by atoms with Crippen molar-refractivity contribution >= 4 is 32.6 Å². The Labute approximate surface area is 196 Å². The van der Waals surface area contributed by atoms with E-state index in [-0.39, 0.29) is 0 Å². The van der Waals surface area contributed by atoms with Crippen LogP contribution in [0.3, 0.4) is 0 Å². The molecule has 0 aliphatic heterocycles. The number of anilines is 1. The Kier molecular flexibility index (Phi) is 6.44. The number of rotatable bonds is 5. The lowest BCUT2D eigenvalue weighted by Gasteiger charge is -2.23. The van der Waals surface area contributed by atoms with Crippen LogP contribution in [0.2, 0.25) is 0 Å². The van der Waals surface area contributed by atoms with Crippen LogP contribution in [0.15, 0.2) is 77.7 Å². The molecule has 0 spiro atoms. The van der Waals surface area contributed by atoms with Gasteiger partial charge in [0.25, 0.3) is 10.0 Å². The van der Waals surface area contributed by atoms with Crippen molar-refractivity contribution in [2.45, 2.75) is 11.5 Å². The Morgan fingerprint density at radius 3 is 1.89 bits per heavy atom. The second kappa shape index (κ2) is 9.34. The van der Waals surface area contributed by atoms with E-state index in [2.05, 4.69) is 0 Å². The van der Waals surface area contributed by atoms with Gasteiger partial charge in [0.2, 0.25) is 5.82 Å². The van der Waals surface area contributed by atoms with Crippen molar-refractivity contribution < 1.29 is 39.9 Å². The number of hydrogen-bond acceptors (Lipinski definition) is 4. The number of amides is 1. The Hall–Kier alpha value is -3.99. The molecule has 0 fully saturated rings. The highest BCUT2D eigenvalue weighted by Crippen LogP contribution is 2.35. The lowest BCUT2D eigenvalue weighted by Crippen LogP contribution is -2.39. The van der Waals surface area contributed by atoms with Crippen LogP contribution in [0.1, 0.15) is 5.56 Å². The number of nitrogens with zero attached hydrogens (tertiary/aromatic N) is 1. The molecule has 0 saturated carbocycles. The quantitative estimate of drug-likeness (QED) is 0.187. The van der Waals surface area contributed by atoms with E-state index in [9.17, 15) is 35.2 Å². The van der Waals surface area contributed by atoms with Crippen LogP contribution < -0.4 is 4.31 Å². The molecule has 0 N–H and O–H groups in total. The van der Waals surface area contributed by atoms with E-state index in [1.807, 2.05) is 0 Å². The summed E-state index contributed by atoms with van der Waals surface area (Å²) in [7, 11) is -5.22. The molecular formula is C24H14F5NO4S. The highest BCUT2D eigenvalue weighted by atomic mass is 32.2. The van der Waals surface area contributed by atoms with Crippen molar-refractivity contribution in [3.05, 3.63) is 107 Å². The standard InChI is InChI=1S/C24H14F5NO4S/c25-18-19(26)21(28)23(22(29)20(18)27)30(24(31)34-13-14-6-2-1-3-7-14)35(32,33)17-11-10-15-8-4-5-9-16(15)12-17/h1-12H,13H2. The minimum absolute atomic E-state index is 0.376. The van der Waals surface area contributed by atoms with Gasteiger partial charge in [0.15, 0.2) is 23.3 Å². The van der Waals surface area contributed by atoms with Gasteiger partial charge in [-0.1, -0.05) is 60.7 Å². The van der Waals surface area contributed by atoms with Crippen LogP contribution >= 0.6 is 0 Å². The SMILES string of the molecule is O=C(OCc1ccccc1)N(c1c(F)c(F)c(F)c(F)c1F)S(=O)(=O)c1ccc2ccccc2c1. The maximum atomic E-state index is 14.6. The number of sulfonamides is 1. The first-order valence-electron chi connectivity index (χ1n) is 9.89. The topological polar surface area (TPSA) is 63.7 Å². The van der Waals surface area contributed by atoms with Crippen molar-refractivity contribution in [1.29, 1.82) is 0 Å². The zero-order valence-corrected chi connectivity index (χ0v) is 18.3. The normalized spacial score (nSPS) is 11.5. The summed E-state index contributed by atoms with van der Waals surface area (Å²) in [6.07, 6.45) is -1.87. The molecule has 1 amide bonds. The monoisotopic (exact) mass is 507 g/mol. The lowest BCUT2D eigenvalue weighted by atomic mass is 10.1. The van der Waals surface area contributed by atoms with Gasteiger partial charge in [0, 0.05) is 0 Å². The van der Waals surface area contributed by atoms with Gasteiger partial charge in [0.1, 0.15) is 12.3 Å². The number of carbonyl (C=O) groups excluding carboxylic acids is 1. The zero-order valence-electron chi connectivity index (χ0n) is 17.5. The Morgan fingerprint density at radius 1 is 0.714 bits per heavy atom. The van der Waals surface area contributed by atoms with Gasteiger partial charge >= 0.3 is 6.09 Å². The second-order valence-corrected chi connectivity index (χ2v) is 9.02. The highest BCUT2D eigenvalue weighted by molar-refractivity contribution is 7.93. The van der Waals surface area contributed by atoms with Gasteiger partial charge in [0.05, 0.1) is 4.90 Å². The van der Waals surface area contributed by atoms with Crippen molar-refractivity contribution in [2.75, 3.05) is 4.31 Å². The Balaban J connectivity index is 1.88. The van der Waals surface area contributed by atoms with Gasteiger partial charge < -0.3 is 4.74 Å². The minimum atomic E-state index is -5.22. The van der Waals surface area contributed by atoms with Crippen LogP contribution in [0.5, 0.6) is 0 Å². The first-order valence-corrected chi connectivity index (χ1v) is 11.3. The summed E-state index contributed by atoms with van der Waals surface area (Å²) in [4.78, 5) is 12.2. The highest BCUT2D eigenvalue weighted by Gasteiger charge is 2.40.